The van der Waals surface area contributed by atoms with Gasteiger partial charge in [-0.3, -0.25) is 24.1 Å². The van der Waals surface area contributed by atoms with Crippen LogP contribution in [0.1, 0.15) is 20.8 Å². The number of nitrogens with one attached hydrogen (secondary N) is 1. The molecular formula is C20H26ClN3O9S. The molecule has 2 aliphatic rings. The van der Waals surface area contributed by atoms with Gasteiger partial charge in [-0.25, -0.2) is 4.79 Å². The highest BCUT2D eigenvalue weighted by Gasteiger charge is 2.54. The van der Waals surface area contributed by atoms with E-state index in [1.807, 2.05) is 0 Å². The minimum atomic E-state index is -1.03. The number of carbonyl (C=O) groups is 5. The van der Waals surface area contributed by atoms with Gasteiger partial charge in [0, 0.05) is 12.9 Å². The minimum absolute atomic E-state index is 0.0458. The highest BCUT2D eigenvalue weighted by Crippen LogP contribution is 2.40. The number of ether oxygens (including phenoxy) is 3. The summed E-state index contributed by atoms with van der Waals surface area (Å²) in [5.41, 5.74) is -0.919. The Balaban J connectivity index is 2.15. The molecule has 12 nitrogen and oxygen atoms in total. The number of amides is 2. The molecule has 2 amide bonds. The summed E-state index contributed by atoms with van der Waals surface area (Å²) in [7, 11) is 2.59. The highest BCUT2D eigenvalue weighted by molar-refractivity contribution is 8.00. The summed E-state index contributed by atoms with van der Waals surface area (Å²) in [6.45, 7) is 4.37. The molecule has 188 valence electrons. The molecule has 2 rings (SSSR count). The summed E-state index contributed by atoms with van der Waals surface area (Å²) in [5, 5.41) is 5.16. The number of hydrogen-bond acceptors (Lipinski definition) is 11. The number of methoxy groups -OCH3 is 1. The topological polar surface area (TPSA) is 150 Å². The Morgan fingerprint density at radius 3 is 2.44 bits per heavy atom. The smallest absolute Gasteiger partial charge is 0.358 e. The third-order valence-corrected chi connectivity index (χ3v) is 6.20. The Kier molecular flexibility index (Phi) is 9.47. The molecule has 2 heterocycles. The monoisotopic (exact) mass is 519 g/mol. The number of esters is 2. The largest absolute Gasteiger partial charge is 0.427 e. The van der Waals surface area contributed by atoms with Gasteiger partial charge in [-0.1, -0.05) is 5.16 Å². The third kappa shape index (κ3) is 6.07. The van der Waals surface area contributed by atoms with Crippen molar-refractivity contribution < 1.29 is 43.0 Å². The average Bonchev–Trinajstić information content (AvgIpc) is 2.79. The fourth-order valence-electron chi connectivity index (χ4n) is 2.96. The number of ketones is 1. The summed E-state index contributed by atoms with van der Waals surface area (Å²) >= 11 is 6.77. The van der Waals surface area contributed by atoms with Crippen molar-refractivity contribution in [3.8, 4) is 0 Å². The van der Waals surface area contributed by atoms with E-state index in [1.165, 1.54) is 23.8 Å². The van der Waals surface area contributed by atoms with Crippen molar-refractivity contribution in [2.75, 3.05) is 39.3 Å². The lowest BCUT2D eigenvalue weighted by atomic mass is 9.98. The zero-order chi connectivity index (χ0) is 25.6. The Morgan fingerprint density at radius 2 is 1.88 bits per heavy atom. The fraction of sp³-hybridized carbons (Fsp3) is 0.600. The number of oxime groups is 1. The molecule has 2 aliphatic heterocycles. The first-order chi connectivity index (χ1) is 16.0. The van der Waals surface area contributed by atoms with Gasteiger partial charge in [0.15, 0.2) is 0 Å². The average molecular weight is 520 g/mol. The van der Waals surface area contributed by atoms with E-state index in [1.54, 1.807) is 20.8 Å². The molecular weight excluding hydrogens is 494 g/mol. The van der Waals surface area contributed by atoms with Gasteiger partial charge in [-0.2, -0.15) is 0 Å². The number of thioether (sulfide) groups is 1. The van der Waals surface area contributed by atoms with Gasteiger partial charge in [0.1, 0.15) is 24.2 Å². The molecule has 1 fully saturated rings. The molecule has 0 spiro atoms. The number of alkyl halides is 1. The minimum Gasteiger partial charge on any atom is -0.427 e. The molecule has 0 aliphatic carbocycles. The lowest BCUT2D eigenvalue weighted by Crippen LogP contribution is -2.71. The van der Waals surface area contributed by atoms with Crippen LogP contribution in [0.2, 0.25) is 0 Å². The molecule has 1 saturated heterocycles. The van der Waals surface area contributed by atoms with E-state index in [9.17, 15) is 24.0 Å². The number of carbonyl (C=O) groups excluding carboxylic acids is 5. The Morgan fingerprint density at radius 1 is 1.21 bits per heavy atom. The van der Waals surface area contributed by atoms with Crippen LogP contribution >= 0.6 is 23.4 Å². The first-order valence-electron chi connectivity index (χ1n) is 9.99. The lowest BCUT2D eigenvalue weighted by Gasteiger charge is -2.49. The van der Waals surface area contributed by atoms with Crippen molar-refractivity contribution in [3.05, 3.63) is 11.3 Å². The highest BCUT2D eigenvalue weighted by atomic mass is 35.5. The van der Waals surface area contributed by atoms with E-state index >= 15 is 0 Å². The van der Waals surface area contributed by atoms with Crippen molar-refractivity contribution in [3.63, 3.8) is 0 Å². The number of Topliss-reactive ketones (excluding diaryl/α,β-unsaturated/α-hetero) is 1. The van der Waals surface area contributed by atoms with Gasteiger partial charge in [0.25, 0.3) is 11.8 Å². The van der Waals surface area contributed by atoms with Crippen LogP contribution < -0.4 is 5.32 Å². The zero-order valence-corrected chi connectivity index (χ0v) is 20.9. The van der Waals surface area contributed by atoms with Crippen molar-refractivity contribution in [2.45, 2.75) is 32.2 Å². The molecule has 14 heteroatoms. The zero-order valence-electron chi connectivity index (χ0n) is 19.3. The van der Waals surface area contributed by atoms with Crippen LogP contribution in [0.4, 0.5) is 0 Å². The molecule has 0 aromatic heterocycles. The van der Waals surface area contributed by atoms with Crippen molar-refractivity contribution in [1.82, 2.24) is 10.2 Å². The lowest BCUT2D eigenvalue weighted by molar-refractivity contribution is -0.173. The van der Waals surface area contributed by atoms with E-state index in [4.69, 9.17) is 25.8 Å². The molecule has 2 atom stereocenters. The molecule has 0 radical (unpaired) electrons. The van der Waals surface area contributed by atoms with E-state index < -0.39 is 64.8 Å². The predicted octanol–water partition coefficient (Wildman–Crippen LogP) is 0.187. The number of rotatable bonds is 10. The van der Waals surface area contributed by atoms with Crippen LogP contribution in [-0.2, 0) is 43.0 Å². The molecule has 1 unspecified atom stereocenters. The number of nitrogens with zero attached hydrogens (tertiary/aromatic N) is 2. The molecule has 0 bridgehead atoms. The Hall–Kier alpha value is -2.64. The third-order valence-electron chi connectivity index (χ3n) is 4.62. The van der Waals surface area contributed by atoms with Gasteiger partial charge in [-0.05, 0) is 26.3 Å². The van der Waals surface area contributed by atoms with E-state index in [0.717, 1.165) is 7.11 Å². The molecule has 0 aromatic rings. The van der Waals surface area contributed by atoms with Gasteiger partial charge in [-0.15, -0.1) is 23.4 Å². The van der Waals surface area contributed by atoms with Crippen LogP contribution in [0, 0.1) is 5.41 Å². The second-order valence-corrected chi connectivity index (χ2v) is 9.53. The quantitative estimate of drug-likeness (QED) is 0.0805. The summed E-state index contributed by atoms with van der Waals surface area (Å²) in [4.78, 5) is 67.5. The van der Waals surface area contributed by atoms with Crippen LogP contribution in [0.5, 0.6) is 0 Å². The summed E-state index contributed by atoms with van der Waals surface area (Å²) in [6.07, 6.45) is 0. The number of β-lactam (4-membered cyclic amide) rings is 1. The van der Waals surface area contributed by atoms with Gasteiger partial charge in [0.2, 0.25) is 18.3 Å². The Bertz CT molecular complexity index is 929. The van der Waals surface area contributed by atoms with E-state index in [2.05, 4.69) is 15.3 Å². The summed E-state index contributed by atoms with van der Waals surface area (Å²) < 4.78 is 15.2. The second kappa shape index (κ2) is 11.7. The van der Waals surface area contributed by atoms with Gasteiger partial charge in [0.05, 0.1) is 17.9 Å². The predicted molar refractivity (Wildman–Crippen MR) is 121 cm³/mol. The number of fused-ring (bicyclic) bond motifs is 1. The van der Waals surface area contributed by atoms with Crippen LogP contribution in [0.3, 0.4) is 0 Å². The number of halogens is 1. The molecule has 0 aromatic carbocycles. The fourth-order valence-corrected chi connectivity index (χ4v) is 4.42. The second-order valence-electron chi connectivity index (χ2n) is 8.16. The number of hydrogen-bond donors (Lipinski definition) is 1. The van der Waals surface area contributed by atoms with Crippen molar-refractivity contribution in [1.29, 1.82) is 0 Å². The Labute approximate surface area is 205 Å². The SMILES string of the molecule is COCC1=C(C(=O)OCOC(=O)C(C)(C)C)N2C(=O)C(NC(=O)/C(=N\OC)C(=O)CCl)[C@H]2SC1. The van der Waals surface area contributed by atoms with Crippen molar-refractivity contribution >= 4 is 58.6 Å². The summed E-state index contributed by atoms with van der Waals surface area (Å²) in [5.74, 6) is -3.96. The molecule has 0 saturated carbocycles. The summed E-state index contributed by atoms with van der Waals surface area (Å²) in [6, 6.07) is -1.03. The van der Waals surface area contributed by atoms with E-state index in [0.29, 0.717) is 11.3 Å². The standard InChI is InChI=1S/C20H26ClN3O9S/c1-20(2,3)19(29)33-9-32-18(28)14-10(7-30-4)8-34-17-13(16(27)24(14)17)22-15(26)12(23-31-5)11(25)6-21/h13,17H,6-9H2,1-5H3,(H,22,26)/b23-12-/t13?,17-/m1/s1. The van der Waals surface area contributed by atoms with E-state index in [-0.39, 0.29) is 12.3 Å². The maximum absolute atomic E-state index is 12.9. The normalized spacial score (nSPS) is 20.2. The molecule has 34 heavy (non-hydrogen) atoms. The van der Waals surface area contributed by atoms with Gasteiger partial charge < -0.3 is 24.4 Å². The first-order valence-corrected chi connectivity index (χ1v) is 11.6. The van der Waals surface area contributed by atoms with Crippen LogP contribution in [0.25, 0.3) is 0 Å². The van der Waals surface area contributed by atoms with Crippen LogP contribution in [0.15, 0.2) is 16.4 Å². The van der Waals surface area contributed by atoms with Crippen molar-refractivity contribution in [2.24, 2.45) is 10.6 Å². The molecule has 1 N–H and O–H groups in total. The van der Waals surface area contributed by atoms with Gasteiger partial charge >= 0.3 is 11.9 Å². The maximum Gasteiger partial charge on any atom is 0.358 e. The van der Waals surface area contributed by atoms with Crippen LogP contribution in [-0.4, -0.2) is 90.8 Å². The first kappa shape index (κ1) is 27.6. The maximum atomic E-state index is 12.9.